The fraction of sp³-hybridized carbons (Fsp3) is 0.375. The van der Waals surface area contributed by atoms with Crippen molar-refractivity contribution in [2.24, 2.45) is 0 Å². The van der Waals surface area contributed by atoms with Gasteiger partial charge in [0.2, 0.25) is 15.9 Å². The van der Waals surface area contributed by atoms with E-state index in [1.165, 1.54) is 6.08 Å². The van der Waals surface area contributed by atoms with E-state index < -0.39 is 15.9 Å². The summed E-state index contributed by atoms with van der Waals surface area (Å²) in [7, 11) is -3.43. The lowest BCUT2D eigenvalue weighted by atomic mass is 10.1. The Hall–Kier alpha value is -1.10. The molecule has 0 aromatic carbocycles. The normalized spacial score (nSPS) is 10.5. The Bertz CT molecular complexity index is 316. The first-order chi connectivity index (χ1) is 5.85. The zero-order chi connectivity index (χ0) is 10.5. The van der Waals surface area contributed by atoms with Crippen LogP contribution in [0, 0.1) is 0 Å². The van der Waals surface area contributed by atoms with Crippen LogP contribution in [-0.4, -0.2) is 20.6 Å². The minimum atomic E-state index is -3.43. The second-order valence-electron chi connectivity index (χ2n) is 2.66. The van der Waals surface area contributed by atoms with Crippen molar-refractivity contribution in [2.45, 2.75) is 12.8 Å². The topological polar surface area (TPSA) is 63.2 Å². The number of amides is 1. The number of allylic oxidation sites excluding steroid dienone is 2. The van der Waals surface area contributed by atoms with Gasteiger partial charge in [-0.2, -0.15) is 0 Å². The van der Waals surface area contributed by atoms with Crippen molar-refractivity contribution in [3.63, 3.8) is 0 Å². The van der Waals surface area contributed by atoms with Crippen LogP contribution in [0.2, 0.25) is 0 Å². The second kappa shape index (κ2) is 4.81. The predicted molar refractivity (Wildman–Crippen MR) is 51.6 cm³/mol. The molecule has 1 N–H and O–H groups in total. The molecule has 5 heteroatoms. The lowest BCUT2D eigenvalue weighted by molar-refractivity contribution is -0.119. The highest BCUT2D eigenvalue weighted by molar-refractivity contribution is 7.89. The van der Waals surface area contributed by atoms with Gasteiger partial charge >= 0.3 is 0 Å². The molecule has 0 spiro atoms. The van der Waals surface area contributed by atoms with Crippen LogP contribution in [-0.2, 0) is 14.8 Å². The van der Waals surface area contributed by atoms with E-state index in [1.807, 2.05) is 4.72 Å². The van der Waals surface area contributed by atoms with Gasteiger partial charge in [-0.25, -0.2) is 8.42 Å². The predicted octanol–water partition coefficient (Wildman–Crippen LogP) is 0.585. The largest absolute Gasteiger partial charge is 0.274 e. The molecule has 0 aliphatic rings. The van der Waals surface area contributed by atoms with Crippen LogP contribution in [0.5, 0.6) is 0 Å². The van der Waals surface area contributed by atoms with E-state index in [0.717, 1.165) is 6.26 Å². The fourth-order valence-electron chi connectivity index (χ4n) is 0.634. The second-order valence-corrected chi connectivity index (χ2v) is 4.41. The lowest BCUT2D eigenvalue weighted by Crippen LogP contribution is -2.28. The molecule has 0 radical (unpaired) electrons. The molecule has 0 saturated carbocycles. The summed E-state index contributed by atoms with van der Waals surface area (Å²) in [5.74, 6) is -0.523. The smallest absolute Gasteiger partial charge is 0.233 e. The number of hydrogen-bond acceptors (Lipinski definition) is 3. The highest BCUT2D eigenvalue weighted by Gasteiger charge is 2.07. The van der Waals surface area contributed by atoms with Gasteiger partial charge in [-0.05, 0) is 6.42 Å². The molecular formula is C8H13NO3S. The Morgan fingerprint density at radius 1 is 1.46 bits per heavy atom. The SMILES string of the molecule is C=CC(=C)CCC(=O)NS(C)(=O)=O. The van der Waals surface area contributed by atoms with Gasteiger partial charge in [0.25, 0.3) is 0 Å². The van der Waals surface area contributed by atoms with Crippen LogP contribution in [0.4, 0.5) is 0 Å². The first-order valence-electron chi connectivity index (χ1n) is 3.66. The Morgan fingerprint density at radius 2 is 2.00 bits per heavy atom. The number of carbonyl (C=O) groups excluding carboxylic acids is 1. The zero-order valence-corrected chi connectivity index (χ0v) is 8.36. The maximum atomic E-state index is 10.9. The van der Waals surface area contributed by atoms with Crippen molar-refractivity contribution in [1.82, 2.24) is 4.72 Å². The molecular weight excluding hydrogens is 190 g/mol. The van der Waals surface area contributed by atoms with Gasteiger partial charge in [0.05, 0.1) is 6.26 Å². The quantitative estimate of drug-likeness (QED) is 0.665. The number of hydrogen-bond donors (Lipinski definition) is 1. The Morgan fingerprint density at radius 3 is 2.38 bits per heavy atom. The summed E-state index contributed by atoms with van der Waals surface area (Å²) in [6.45, 7) is 7.06. The van der Waals surface area contributed by atoms with Crippen LogP contribution in [0.25, 0.3) is 0 Å². The minimum Gasteiger partial charge on any atom is -0.274 e. The Kier molecular flexibility index (Phi) is 4.40. The molecule has 0 saturated heterocycles. The van der Waals surface area contributed by atoms with E-state index in [-0.39, 0.29) is 6.42 Å². The van der Waals surface area contributed by atoms with Crippen molar-refractivity contribution in [3.05, 3.63) is 24.8 Å². The molecule has 1 amide bonds. The zero-order valence-electron chi connectivity index (χ0n) is 7.54. The first-order valence-corrected chi connectivity index (χ1v) is 5.55. The summed E-state index contributed by atoms with van der Waals surface area (Å²) < 4.78 is 23.0. The number of nitrogens with one attached hydrogen (secondary N) is 1. The van der Waals surface area contributed by atoms with Crippen molar-refractivity contribution in [3.8, 4) is 0 Å². The van der Waals surface area contributed by atoms with Crippen molar-refractivity contribution < 1.29 is 13.2 Å². The molecule has 0 rings (SSSR count). The highest BCUT2D eigenvalue weighted by Crippen LogP contribution is 2.02. The van der Waals surface area contributed by atoms with Gasteiger partial charge in [-0.15, -0.1) is 0 Å². The average molecular weight is 203 g/mol. The summed E-state index contributed by atoms with van der Waals surface area (Å²) in [6, 6.07) is 0. The molecule has 0 aromatic heterocycles. The molecule has 0 fully saturated rings. The van der Waals surface area contributed by atoms with E-state index in [4.69, 9.17) is 0 Å². The van der Waals surface area contributed by atoms with Gasteiger partial charge < -0.3 is 0 Å². The summed E-state index contributed by atoms with van der Waals surface area (Å²) in [4.78, 5) is 10.9. The van der Waals surface area contributed by atoms with E-state index in [9.17, 15) is 13.2 Å². The van der Waals surface area contributed by atoms with Gasteiger partial charge in [0, 0.05) is 6.42 Å². The number of sulfonamides is 1. The molecule has 74 valence electrons. The Labute approximate surface area is 78.4 Å². The third kappa shape index (κ3) is 7.27. The molecule has 0 bridgehead atoms. The molecule has 0 aliphatic carbocycles. The van der Waals surface area contributed by atoms with Gasteiger partial charge in [-0.3, -0.25) is 9.52 Å². The fourth-order valence-corrected chi connectivity index (χ4v) is 1.15. The maximum absolute atomic E-state index is 10.9. The van der Waals surface area contributed by atoms with Gasteiger partial charge in [-0.1, -0.05) is 24.8 Å². The first kappa shape index (κ1) is 11.9. The van der Waals surface area contributed by atoms with Crippen LogP contribution in [0.15, 0.2) is 24.8 Å². The van der Waals surface area contributed by atoms with Crippen LogP contribution in [0.1, 0.15) is 12.8 Å². The number of rotatable bonds is 5. The molecule has 0 aromatic rings. The molecule has 0 heterocycles. The highest BCUT2D eigenvalue weighted by atomic mass is 32.2. The monoisotopic (exact) mass is 203 g/mol. The van der Waals surface area contributed by atoms with Crippen LogP contribution >= 0.6 is 0 Å². The standard InChI is InChI=1S/C8H13NO3S/c1-4-7(2)5-6-8(10)9-13(3,11)12/h4H,1-2,5-6H2,3H3,(H,9,10). The molecule has 4 nitrogen and oxygen atoms in total. The van der Waals surface area contributed by atoms with Gasteiger partial charge in [0.1, 0.15) is 0 Å². The van der Waals surface area contributed by atoms with E-state index in [2.05, 4.69) is 13.2 Å². The third-order valence-electron chi connectivity index (χ3n) is 1.26. The van der Waals surface area contributed by atoms with E-state index in [1.54, 1.807) is 0 Å². The van der Waals surface area contributed by atoms with Crippen LogP contribution < -0.4 is 4.72 Å². The van der Waals surface area contributed by atoms with E-state index >= 15 is 0 Å². The van der Waals surface area contributed by atoms with Crippen molar-refractivity contribution in [2.75, 3.05) is 6.26 Å². The third-order valence-corrected chi connectivity index (χ3v) is 1.86. The average Bonchev–Trinajstić information content (AvgIpc) is 1.97. The summed E-state index contributed by atoms with van der Waals surface area (Å²) in [6.07, 6.45) is 3.00. The maximum Gasteiger partial charge on any atom is 0.233 e. The molecule has 0 aliphatic heterocycles. The number of carbonyl (C=O) groups is 1. The van der Waals surface area contributed by atoms with Gasteiger partial charge in [0.15, 0.2) is 0 Å². The molecule has 13 heavy (non-hydrogen) atoms. The van der Waals surface area contributed by atoms with Crippen LogP contribution in [0.3, 0.4) is 0 Å². The Balaban J connectivity index is 3.90. The lowest BCUT2D eigenvalue weighted by Gasteiger charge is -2.01. The summed E-state index contributed by atoms with van der Waals surface area (Å²) in [5, 5.41) is 0. The summed E-state index contributed by atoms with van der Waals surface area (Å²) in [5.41, 5.74) is 0.712. The molecule has 0 atom stereocenters. The van der Waals surface area contributed by atoms with E-state index in [0.29, 0.717) is 12.0 Å². The molecule has 0 unspecified atom stereocenters. The summed E-state index contributed by atoms with van der Waals surface area (Å²) >= 11 is 0. The van der Waals surface area contributed by atoms with Crippen molar-refractivity contribution in [1.29, 1.82) is 0 Å². The van der Waals surface area contributed by atoms with Crippen molar-refractivity contribution >= 4 is 15.9 Å². The minimum absolute atomic E-state index is 0.109.